The molecule has 0 saturated heterocycles. The fourth-order valence-electron chi connectivity index (χ4n) is 4.37. The first-order chi connectivity index (χ1) is 17.4. The van der Waals surface area contributed by atoms with Gasteiger partial charge in [0.25, 0.3) is 5.92 Å². The van der Waals surface area contributed by atoms with Gasteiger partial charge in [-0.05, 0) is 42.2 Å². The van der Waals surface area contributed by atoms with Gasteiger partial charge in [0.05, 0.1) is 4.90 Å². The van der Waals surface area contributed by atoms with E-state index in [0.29, 0.717) is 23.1 Å². The summed E-state index contributed by atoms with van der Waals surface area (Å²) in [5.74, 6) is -3.27. The Morgan fingerprint density at radius 3 is 2.43 bits per heavy atom. The monoisotopic (exact) mass is 545 g/mol. The first-order valence-corrected chi connectivity index (χ1v) is 12.9. The van der Waals surface area contributed by atoms with Crippen molar-refractivity contribution >= 4 is 10.0 Å². The second-order valence-electron chi connectivity index (χ2n) is 8.85. The zero-order chi connectivity index (χ0) is 26.8. The van der Waals surface area contributed by atoms with E-state index in [1.807, 2.05) is 0 Å². The van der Waals surface area contributed by atoms with Crippen molar-refractivity contribution in [3.05, 3.63) is 54.7 Å². The highest BCUT2D eigenvalue weighted by Crippen LogP contribution is 2.40. The number of nitrogens with one attached hydrogen (secondary N) is 1. The number of benzene rings is 1. The third-order valence-electron chi connectivity index (χ3n) is 6.00. The number of pyridine rings is 1. The average molecular weight is 546 g/mol. The zero-order valence-corrected chi connectivity index (χ0v) is 20.4. The van der Waals surface area contributed by atoms with Crippen LogP contribution in [-0.4, -0.2) is 52.9 Å². The Hall–Kier alpha value is -3.13. The smallest absolute Gasteiger partial charge is 0.422 e. The van der Waals surface area contributed by atoms with E-state index in [-0.39, 0.29) is 17.2 Å². The SMILES string of the molecule is CCc1cc(-c2ccc(OCC(F)(F)F)nc2)ccc1S(=O)(=O)NC1C[C@H](n2cnnc2)CC(F)(F)C1. The van der Waals surface area contributed by atoms with E-state index >= 15 is 0 Å². The van der Waals surface area contributed by atoms with Crippen molar-refractivity contribution in [2.75, 3.05) is 6.61 Å². The normalized spacial score (nSPS) is 20.1. The van der Waals surface area contributed by atoms with Crippen LogP contribution in [-0.2, 0) is 16.4 Å². The van der Waals surface area contributed by atoms with E-state index in [0.717, 1.165) is 0 Å². The van der Waals surface area contributed by atoms with E-state index in [9.17, 15) is 30.4 Å². The van der Waals surface area contributed by atoms with Crippen molar-refractivity contribution in [3.8, 4) is 17.0 Å². The van der Waals surface area contributed by atoms with Crippen LogP contribution in [0, 0.1) is 0 Å². The highest BCUT2D eigenvalue weighted by atomic mass is 32.2. The largest absolute Gasteiger partial charge is 0.468 e. The summed E-state index contributed by atoms with van der Waals surface area (Å²) in [6, 6.07) is 5.66. The maximum absolute atomic E-state index is 14.4. The van der Waals surface area contributed by atoms with Gasteiger partial charge < -0.3 is 9.30 Å². The summed E-state index contributed by atoms with van der Waals surface area (Å²) < 4.78 is 101. The summed E-state index contributed by atoms with van der Waals surface area (Å²) in [6.07, 6.45) is -1.09. The van der Waals surface area contributed by atoms with Gasteiger partial charge in [-0.15, -0.1) is 10.2 Å². The zero-order valence-electron chi connectivity index (χ0n) is 19.6. The van der Waals surface area contributed by atoms with E-state index in [2.05, 4.69) is 24.6 Å². The molecule has 200 valence electrons. The number of sulfonamides is 1. The Labute approximate surface area is 209 Å². The minimum Gasteiger partial charge on any atom is -0.468 e. The molecular formula is C23H24F5N5O3S. The van der Waals surface area contributed by atoms with Gasteiger partial charge in [-0.3, -0.25) is 0 Å². The van der Waals surface area contributed by atoms with Crippen molar-refractivity contribution in [2.45, 2.75) is 61.7 Å². The molecule has 2 heterocycles. The molecule has 4 rings (SSSR count). The highest BCUT2D eigenvalue weighted by molar-refractivity contribution is 7.89. The lowest BCUT2D eigenvalue weighted by Crippen LogP contribution is -2.45. The van der Waals surface area contributed by atoms with Crippen LogP contribution >= 0.6 is 0 Å². The van der Waals surface area contributed by atoms with Crippen molar-refractivity contribution in [1.82, 2.24) is 24.5 Å². The Kier molecular flexibility index (Phi) is 7.51. The second-order valence-corrected chi connectivity index (χ2v) is 10.5. The number of hydrogen-bond donors (Lipinski definition) is 1. The number of halogens is 5. The molecule has 0 spiro atoms. The van der Waals surface area contributed by atoms with Crippen LogP contribution in [0.1, 0.15) is 37.8 Å². The quantitative estimate of drug-likeness (QED) is 0.417. The summed E-state index contributed by atoms with van der Waals surface area (Å²) in [5.41, 5.74) is 1.57. The summed E-state index contributed by atoms with van der Waals surface area (Å²) in [5, 5.41) is 7.29. The van der Waals surface area contributed by atoms with E-state index in [1.54, 1.807) is 13.0 Å². The molecular weight excluding hydrogens is 521 g/mol. The van der Waals surface area contributed by atoms with Gasteiger partial charge in [-0.2, -0.15) is 13.2 Å². The van der Waals surface area contributed by atoms with Crippen LogP contribution in [0.2, 0.25) is 0 Å². The second kappa shape index (κ2) is 10.3. The molecule has 2 aromatic heterocycles. The molecule has 1 aliphatic rings. The molecule has 1 unspecified atom stereocenters. The summed E-state index contributed by atoms with van der Waals surface area (Å²) in [4.78, 5) is 3.83. The van der Waals surface area contributed by atoms with Gasteiger partial charge in [0, 0.05) is 42.8 Å². The maximum atomic E-state index is 14.4. The Balaban J connectivity index is 1.52. The van der Waals surface area contributed by atoms with E-state index in [1.165, 1.54) is 47.7 Å². The van der Waals surface area contributed by atoms with Crippen LogP contribution in [0.3, 0.4) is 0 Å². The molecule has 0 amide bonds. The average Bonchev–Trinajstić information content (AvgIpc) is 3.36. The van der Waals surface area contributed by atoms with Gasteiger partial charge in [0.15, 0.2) is 6.61 Å². The highest BCUT2D eigenvalue weighted by Gasteiger charge is 2.43. The van der Waals surface area contributed by atoms with Crippen molar-refractivity contribution in [1.29, 1.82) is 0 Å². The third kappa shape index (κ3) is 6.80. The molecule has 37 heavy (non-hydrogen) atoms. The number of nitrogens with zero attached hydrogens (tertiary/aromatic N) is 4. The van der Waals surface area contributed by atoms with Gasteiger partial charge in [0.1, 0.15) is 12.7 Å². The molecule has 1 N–H and O–H groups in total. The van der Waals surface area contributed by atoms with E-state index < -0.39 is 53.7 Å². The maximum Gasteiger partial charge on any atom is 0.422 e. The molecule has 1 fully saturated rings. The fourth-order valence-corrected chi connectivity index (χ4v) is 5.91. The Morgan fingerprint density at radius 2 is 1.81 bits per heavy atom. The molecule has 0 aliphatic heterocycles. The molecule has 0 radical (unpaired) electrons. The number of aromatic nitrogens is 4. The van der Waals surface area contributed by atoms with Crippen LogP contribution in [0.5, 0.6) is 5.88 Å². The van der Waals surface area contributed by atoms with Crippen molar-refractivity contribution in [3.63, 3.8) is 0 Å². The Morgan fingerprint density at radius 1 is 1.11 bits per heavy atom. The standard InChI is InChI=1S/C23H24F5N5O3S/c1-2-15-7-16(17-4-6-21(29-11-17)36-12-23(26,27)28)3-5-20(15)37(34,35)32-18-8-19(10-22(24,25)9-18)33-13-30-31-14-33/h3-7,11,13-14,18-19,32H,2,8-10,12H2,1H3/t18?,19-/m0/s1. The van der Waals surface area contributed by atoms with Crippen LogP contribution in [0.25, 0.3) is 11.1 Å². The molecule has 8 nitrogen and oxygen atoms in total. The Bertz CT molecular complexity index is 1320. The molecule has 1 aliphatic carbocycles. The van der Waals surface area contributed by atoms with Gasteiger partial charge >= 0.3 is 6.18 Å². The molecule has 0 bridgehead atoms. The first kappa shape index (κ1) is 26.9. The van der Waals surface area contributed by atoms with Gasteiger partial charge in [-0.1, -0.05) is 13.0 Å². The predicted molar refractivity (Wildman–Crippen MR) is 123 cm³/mol. The predicted octanol–water partition coefficient (Wildman–Crippen LogP) is 4.55. The van der Waals surface area contributed by atoms with Crippen molar-refractivity contribution < 1.29 is 35.1 Å². The summed E-state index contributed by atoms with van der Waals surface area (Å²) >= 11 is 0. The number of rotatable bonds is 8. The lowest BCUT2D eigenvalue weighted by molar-refractivity contribution is -0.154. The fraction of sp³-hybridized carbons (Fsp3) is 0.435. The molecule has 1 saturated carbocycles. The van der Waals surface area contributed by atoms with Crippen LogP contribution < -0.4 is 9.46 Å². The molecule has 14 heteroatoms. The third-order valence-corrected chi connectivity index (χ3v) is 7.62. The van der Waals surface area contributed by atoms with Gasteiger partial charge in [0.2, 0.25) is 15.9 Å². The van der Waals surface area contributed by atoms with Gasteiger partial charge in [-0.25, -0.2) is 26.9 Å². The lowest BCUT2D eigenvalue weighted by Gasteiger charge is -2.35. The number of hydrogen-bond acceptors (Lipinski definition) is 6. The van der Waals surface area contributed by atoms with Crippen molar-refractivity contribution in [2.24, 2.45) is 0 Å². The minimum absolute atomic E-state index is 0.0356. The number of aryl methyl sites for hydroxylation is 1. The van der Waals surface area contributed by atoms with Crippen LogP contribution in [0.15, 0.2) is 54.1 Å². The minimum atomic E-state index is -4.49. The summed E-state index contributed by atoms with van der Waals surface area (Å²) in [6.45, 7) is 0.285. The first-order valence-electron chi connectivity index (χ1n) is 11.4. The molecule has 1 aromatic carbocycles. The molecule has 3 aromatic rings. The van der Waals surface area contributed by atoms with Crippen LogP contribution in [0.4, 0.5) is 22.0 Å². The molecule has 2 atom stereocenters. The van der Waals surface area contributed by atoms with E-state index in [4.69, 9.17) is 0 Å². The lowest BCUT2D eigenvalue weighted by atomic mass is 9.88. The topological polar surface area (TPSA) is 99.0 Å². The summed E-state index contributed by atoms with van der Waals surface area (Å²) in [7, 11) is -4.14. The number of alkyl halides is 5. The number of ether oxygens (including phenoxy) is 1.